The molecule has 0 amide bonds. The van der Waals surface area contributed by atoms with E-state index in [1.165, 1.54) is 22.2 Å². The maximum atomic E-state index is 4.19. The standard InChI is InChI=1S/C12H16N2/c1-4-11-9(3)10-6-7-13-8-12(10)14(11)5-2/h6-8H,4-5H2,1-3H3. The largest absolute Gasteiger partial charge is 0.343 e. The summed E-state index contributed by atoms with van der Waals surface area (Å²) in [6.07, 6.45) is 4.92. The molecular weight excluding hydrogens is 172 g/mol. The van der Waals surface area contributed by atoms with Crippen LogP contribution in [0.1, 0.15) is 25.1 Å². The number of fused-ring (bicyclic) bond motifs is 1. The smallest absolute Gasteiger partial charge is 0.0671 e. The van der Waals surface area contributed by atoms with E-state index in [2.05, 4.69) is 36.4 Å². The predicted octanol–water partition coefficient (Wildman–Crippen LogP) is 2.93. The van der Waals surface area contributed by atoms with E-state index in [-0.39, 0.29) is 0 Å². The zero-order valence-electron chi connectivity index (χ0n) is 9.04. The molecule has 0 saturated heterocycles. The number of aryl methyl sites for hydroxylation is 2. The maximum Gasteiger partial charge on any atom is 0.0671 e. The van der Waals surface area contributed by atoms with Gasteiger partial charge >= 0.3 is 0 Å². The molecule has 2 aromatic rings. The lowest BCUT2D eigenvalue weighted by Crippen LogP contribution is -1.99. The maximum absolute atomic E-state index is 4.19. The molecule has 0 N–H and O–H groups in total. The van der Waals surface area contributed by atoms with Crippen LogP contribution in [0.5, 0.6) is 0 Å². The third-order valence-corrected chi connectivity index (χ3v) is 2.90. The zero-order chi connectivity index (χ0) is 10.1. The fraction of sp³-hybridized carbons (Fsp3) is 0.417. The van der Waals surface area contributed by atoms with Crippen LogP contribution in [0.3, 0.4) is 0 Å². The van der Waals surface area contributed by atoms with E-state index in [1.54, 1.807) is 0 Å². The van der Waals surface area contributed by atoms with Crippen LogP contribution in [-0.4, -0.2) is 9.55 Å². The van der Waals surface area contributed by atoms with Gasteiger partial charge in [-0.1, -0.05) is 6.92 Å². The minimum absolute atomic E-state index is 1.03. The van der Waals surface area contributed by atoms with Gasteiger partial charge in [-0.2, -0.15) is 0 Å². The van der Waals surface area contributed by atoms with Crippen LogP contribution >= 0.6 is 0 Å². The average Bonchev–Trinajstić information content (AvgIpc) is 2.51. The fourth-order valence-corrected chi connectivity index (χ4v) is 2.24. The summed E-state index contributed by atoms with van der Waals surface area (Å²) in [4.78, 5) is 4.19. The predicted molar refractivity (Wildman–Crippen MR) is 59.5 cm³/mol. The van der Waals surface area contributed by atoms with Crippen LogP contribution in [0, 0.1) is 6.92 Å². The second kappa shape index (κ2) is 3.45. The van der Waals surface area contributed by atoms with Gasteiger partial charge in [0.2, 0.25) is 0 Å². The van der Waals surface area contributed by atoms with Gasteiger partial charge in [0.1, 0.15) is 0 Å². The SMILES string of the molecule is CCc1c(C)c2ccncc2n1CC. The molecule has 0 atom stereocenters. The Morgan fingerprint density at radius 2 is 2.14 bits per heavy atom. The lowest BCUT2D eigenvalue weighted by Gasteiger charge is -2.05. The number of pyridine rings is 1. The first kappa shape index (κ1) is 9.25. The number of hydrogen-bond acceptors (Lipinski definition) is 1. The number of nitrogens with zero attached hydrogens (tertiary/aromatic N) is 2. The van der Waals surface area contributed by atoms with Crippen LogP contribution in [-0.2, 0) is 13.0 Å². The van der Waals surface area contributed by atoms with E-state index >= 15 is 0 Å². The van der Waals surface area contributed by atoms with Crippen molar-refractivity contribution >= 4 is 10.9 Å². The first-order valence-electron chi connectivity index (χ1n) is 5.21. The van der Waals surface area contributed by atoms with E-state index in [1.807, 2.05) is 12.4 Å². The molecule has 0 aliphatic heterocycles. The van der Waals surface area contributed by atoms with E-state index < -0.39 is 0 Å². The topological polar surface area (TPSA) is 17.8 Å². The molecule has 2 heterocycles. The van der Waals surface area contributed by atoms with E-state index in [4.69, 9.17) is 0 Å². The van der Waals surface area contributed by atoms with Crippen molar-refractivity contribution in [1.82, 2.24) is 9.55 Å². The van der Waals surface area contributed by atoms with Crippen LogP contribution in [0.15, 0.2) is 18.5 Å². The number of aromatic nitrogens is 2. The van der Waals surface area contributed by atoms with Gasteiger partial charge in [-0.25, -0.2) is 0 Å². The van der Waals surface area contributed by atoms with E-state index in [0.717, 1.165) is 13.0 Å². The Labute approximate surface area is 84.6 Å². The summed E-state index contributed by atoms with van der Waals surface area (Å²) >= 11 is 0. The van der Waals surface area contributed by atoms with Gasteiger partial charge in [-0.15, -0.1) is 0 Å². The lowest BCUT2D eigenvalue weighted by atomic mass is 10.1. The summed E-state index contributed by atoms with van der Waals surface area (Å²) in [5.41, 5.74) is 4.12. The minimum atomic E-state index is 1.03. The van der Waals surface area contributed by atoms with Crippen LogP contribution in [0.4, 0.5) is 0 Å². The van der Waals surface area contributed by atoms with Gasteiger partial charge < -0.3 is 4.57 Å². The van der Waals surface area contributed by atoms with Gasteiger partial charge in [-0.05, 0) is 31.9 Å². The summed E-state index contributed by atoms with van der Waals surface area (Å²) in [5, 5.41) is 1.35. The number of rotatable bonds is 2. The Morgan fingerprint density at radius 3 is 2.79 bits per heavy atom. The van der Waals surface area contributed by atoms with Crippen molar-refractivity contribution < 1.29 is 0 Å². The number of hydrogen-bond donors (Lipinski definition) is 0. The molecule has 2 aromatic heterocycles. The summed E-state index contributed by atoms with van der Waals surface area (Å²) in [6, 6.07) is 2.11. The first-order valence-corrected chi connectivity index (χ1v) is 5.21. The molecule has 0 aliphatic rings. The molecule has 2 nitrogen and oxygen atoms in total. The highest BCUT2D eigenvalue weighted by Crippen LogP contribution is 2.24. The molecule has 2 rings (SSSR count). The second-order valence-corrected chi connectivity index (χ2v) is 3.56. The van der Waals surface area contributed by atoms with Gasteiger partial charge in [-0.3, -0.25) is 4.98 Å². The molecule has 2 heteroatoms. The third kappa shape index (κ3) is 1.14. The Hall–Kier alpha value is -1.31. The van der Waals surface area contributed by atoms with Crippen molar-refractivity contribution in [2.75, 3.05) is 0 Å². The minimum Gasteiger partial charge on any atom is -0.343 e. The quantitative estimate of drug-likeness (QED) is 0.708. The molecule has 0 radical (unpaired) electrons. The van der Waals surface area contributed by atoms with Gasteiger partial charge in [0.25, 0.3) is 0 Å². The molecule has 0 aliphatic carbocycles. The monoisotopic (exact) mass is 188 g/mol. The van der Waals surface area contributed by atoms with Crippen molar-refractivity contribution in [3.63, 3.8) is 0 Å². The van der Waals surface area contributed by atoms with Crippen molar-refractivity contribution in [2.45, 2.75) is 33.7 Å². The van der Waals surface area contributed by atoms with E-state index in [9.17, 15) is 0 Å². The summed E-state index contributed by atoms with van der Waals surface area (Å²) in [5.74, 6) is 0. The van der Waals surface area contributed by atoms with E-state index in [0.29, 0.717) is 0 Å². The van der Waals surface area contributed by atoms with Crippen molar-refractivity contribution in [1.29, 1.82) is 0 Å². The van der Waals surface area contributed by atoms with Crippen molar-refractivity contribution in [2.24, 2.45) is 0 Å². The normalized spacial score (nSPS) is 11.1. The molecular formula is C12H16N2. The highest BCUT2D eigenvalue weighted by molar-refractivity contribution is 5.84. The van der Waals surface area contributed by atoms with Gasteiger partial charge in [0.15, 0.2) is 0 Å². The fourth-order valence-electron chi connectivity index (χ4n) is 2.24. The molecule has 0 saturated carbocycles. The van der Waals surface area contributed by atoms with Crippen molar-refractivity contribution in [3.8, 4) is 0 Å². The van der Waals surface area contributed by atoms with Crippen LogP contribution in [0.25, 0.3) is 10.9 Å². The highest BCUT2D eigenvalue weighted by atomic mass is 15.0. The third-order valence-electron chi connectivity index (χ3n) is 2.90. The summed E-state index contributed by atoms with van der Waals surface area (Å²) in [7, 11) is 0. The molecule has 0 spiro atoms. The molecule has 0 bridgehead atoms. The molecule has 14 heavy (non-hydrogen) atoms. The second-order valence-electron chi connectivity index (χ2n) is 3.56. The average molecular weight is 188 g/mol. The van der Waals surface area contributed by atoms with Crippen LogP contribution in [0.2, 0.25) is 0 Å². The molecule has 0 unspecified atom stereocenters. The van der Waals surface area contributed by atoms with Crippen LogP contribution < -0.4 is 0 Å². The lowest BCUT2D eigenvalue weighted by molar-refractivity contribution is 0.740. The first-order chi connectivity index (χ1) is 6.79. The Bertz CT molecular complexity index is 455. The van der Waals surface area contributed by atoms with Crippen molar-refractivity contribution in [3.05, 3.63) is 29.7 Å². The molecule has 74 valence electrons. The summed E-state index contributed by atoms with van der Waals surface area (Å²) < 4.78 is 2.36. The Kier molecular flexibility index (Phi) is 2.28. The van der Waals surface area contributed by atoms with Gasteiger partial charge in [0, 0.05) is 23.8 Å². The zero-order valence-corrected chi connectivity index (χ0v) is 9.04. The molecule has 0 aromatic carbocycles. The Balaban J connectivity index is 2.84. The highest BCUT2D eigenvalue weighted by Gasteiger charge is 2.10. The summed E-state index contributed by atoms with van der Waals surface area (Å²) in [6.45, 7) is 7.62. The van der Waals surface area contributed by atoms with Gasteiger partial charge in [0.05, 0.1) is 11.7 Å². The Morgan fingerprint density at radius 1 is 1.36 bits per heavy atom. The molecule has 0 fully saturated rings.